The fourth-order valence-corrected chi connectivity index (χ4v) is 4.46. The average Bonchev–Trinajstić information content (AvgIpc) is 2.65. The summed E-state index contributed by atoms with van der Waals surface area (Å²) in [5.41, 5.74) is -0.867. The van der Waals surface area contributed by atoms with E-state index in [4.69, 9.17) is 4.74 Å². The number of amides is 2. The van der Waals surface area contributed by atoms with Crippen LogP contribution in [0, 0.1) is 0 Å². The van der Waals surface area contributed by atoms with Gasteiger partial charge in [-0.15, -0.1) is 11.8 Å². The van der Waals surface area contributed by atoms with Crippen LogP contribution >= 0.6 is 11.8 Å². The molecule has 2 heterocycles. The van der Waals surface area contributed by atoms with E-state index >= 15 is 0 Å². The zero-order valence-corrected chi connectivity index (χ0v) is 14.9. The summed E-state index contributed by atoms with van der Waals surface area (Å²) >= 11 is 1.29. The number of carbonyl (C=O) groups excluding carboxylic acids is 2. The number of carboxylic acids is 1. The number of aliphatic carboxylic acids is 1. The van der Waals surface area contributed by atoms with Gasteiger partial charge < -0.3 is 20.3 Å². The maximum Gasteiger partial charge on any atom is 0.352 e. The molecular weight excluding hydrogens is 360 g/mol. The van der Waals surface area contributed by atoms with Crippen molar-refractivity contribution in [2.75, 3.05) is 12.9 Å². The smallest absolute Gasteiger partial charge is 0.352 e. The summed E-state index contributed by atoms with van der Waals surface area (Å²) in [5.74, 6) is -2.29. The SMILES string of the molecule is COC1(NC(=O)C(O)c2ccccc2)C(=O)N2C(C(=O)O)=C(C)CS[C@H]21. The van der Waals surface area contributed by atoms with Crippen molar-refractivity contribution in [3.8, 4) is 0 Å². The number of aliphatic hydroxyl groups excluding tert-OH is 1. The topological polar surface area (TPSA) is 116 Å². The molecule has 0 saturated carbocycles. The Morgan fingerprint density at radius 3 is 2.62 bits per heavy atom. The van der Waals surface area contributed by atoms with Crippen molar-refractivity contribution >= 4 is 29.5 Å². The molecule has 0 radical (unpaired) electrons. The molecule has 1 fully saturated rings. The van der Waals surface area contributed by atoms with Gasteiger partial charge >= 0.3 is 5.97 Å². The Hall–Kier alpha value is -2.36. The summed E-state index contributed by atoms with van der Waals surface area (Å²) in [6.45, 7) is 1.64. The second-order valence-corrected chi connectivity index (χ2v) is 7.08. The highest BCUT2D eigenvalue weighted by molar-refractivity contribution is 8.00. The third-order valence-corrected chi connectivity index (χ3v) is 5.88. The van der Waals surface area contributed by atoms with Crippen molar-refractivity contribution in [2.24, 2.45) is 0 Å². The third-order valence-electron chi connectivity index (χ3n) is 4.42. The molecule has 3 atom stereocenters. The minimum atomic E-state index is -1.71. The molecule has 1 saturated heterocycles. The van der Waals surface area contributed by atoms with Gasteiger partial charge in [-0.25, -0.2) is 4.79 Å². The zero-order valence-electron chi connectivity index (χ0n) is 14.1. The summed E-state index contributed by atoms with van der Waals surface area (Å²) in [4.78, 5) is 37.8. The number of hydrogen-bond donors (Lipinski definition) is 3. The van der Waals surface area contributed by atoms with Gasteiger partial charge in [0.15, 0.2) is 6.10 Å². The largest absolute Gasteiger partial charge is 0.477 e. The number of carbonyl (C=O) groups is 3. The number of β-lactam (4-membered cyclic amide) rings is 1. The first-order valence-electron chi connectivity index (χ1n) is 7.82. The molecule has 0 spiro atoms. The molecule has 138 valence electrons. The standard InChI is InChI=1S/C17H18N2O6S/c1-9-8-26-16-17(25-2,15(24)19(16)11(9)14(22)23)18-13(21)12(20)10-6-4-3-5-7-10/h3-7,12,16,20H,8H2,1-2H3,(H,18,21)(H,22,23)/t12?,16-,17?/m0/s1. The van der Waals surface area contributed by atoms with Crippen LogP contribution in [0.2, 0.25) is 0 Å². The van der Waals surface area contributed by atoms with Crippen molar-refractivity contribution < 1.29 is 29.3 Å². The van der Waals surface area contributed by atoms with E-state index in [9.17, 15) is 24.6 Å². The normalized spacial score (nSPS) is 26.0. The number of nitrogens with zero attached hydrogens (tertiary/aromatic N) is 1. The van der Waals surface area contributed by atoms with Crippen molar-refractivity contribution in [1.29, 1.82) is 0 Å². The van der Waals surface area contributed by atoms with Crippen molar-refractivity contribution in [1.82, 2.24) is 10.2 Å². The summed E-state index contributed by atoms with van der Waals surface area (Å²) in [6, 6.07) is 8.28. The van der Waals surface area contributed by atoms with E-state index in [1.54, 1.807) is 37.3 Å². The van der Waals surface area contributed by atoms with Gasteiger partial charge in [-0.1, -0.05) is 30.3 Å². The lowest BCUT2D eigenvalue weighted by Crippen LogP contribution is -2.80. The molecule has 2 aliphatic rings. The number of hydrogen-bond acceptors (Lipinski definition) is 6. The molecule has 1 aromatic carbocycles. The van der Waals surface area contributed by atoms with Crippen LogP contribution in [-0.2, 0) is 19.1 Å². The monoisotopic (exact) mass is 378 g/mol. The van der Waals surface area contributed by atoms with Gasteiger partial charge in [-0.2, -0.15) is 0 Å². The Morgan fingerprint density at radius 2 is 2.04 bits per heavy atom. The van der Waals surface area contributed by atoms with Crippen molar-refractivity contribution in [3.05, 3.63) is 47.2 Å². The number of ether oxygens (including phenoxy) is 1. The number of carboxylic acid groups (broad SMARTS) is 1. The molecule has 1 aromatic rings. The third kappa shape index (κ3) is 2.68. The van der Waals surface area contributed by atoms with Crippen LogP contribution in [0.25, 0.3) is 0 Å². The lowest BCUT2D eigenvalue weighted by atomic mass is 9.97. The Kier molecular flexibility index (Phi) is 4.78. The van der Waals surface area contributed by atoms with Crippen molar-refractivity contribution in [3.63, 3.8) is 0 Å². The minimum Gasteiger partial charge on any atom is -0.477 e. The summed E-state index contributed by atoms with van der Waals surface area (Å²) < 4.78 is 5.30. The average molecular weight is 378 g/mol. The van der Waals surface area contributed by atoms with Crippen LogP contribution in [0.1, 0.15) is 18.6 Å². The summed E-state index contributed by atoms with van der Waals surface area (Å²) in [7, 11) is 1.26. The first-order chi connectivity index (χ1) is 12.3. The van der Waals surface area contributed by atoms with Crippen LogP contribution in [0.5, 0.6) is 0 Å². The first-order valence-corrected chi connectivity index (χ1v) is 8.87. The van der Waals surface area contributed by atoms with E-state index < -0.39 is 35.0 Å². The molecule has 0 bridgehead atoms. The van der Waals surface area contributed by atoms with Gasteiger partial charge in [0.2, 0.25) is 0 Å². The van der Waals surface area contributed by atoms with Crippen LogP contribution in [-0.4, -0.2) is 56.9 Å². The second-order valence-electron chi connectivity index (χ2n) is 6.01. The number of methoxy groups -OCH3 is 1. The lowest BCUT2D eigenvalue weighted by Gasteiger charge is -2.55. The van der Waals surface area contributed by atoms with Crippen LogP contribution < -0.4 is 5.32 Å². The van der Waals surface area contributed by atoms with E-state index in [2.05, 4.69) is 5.32 Å². The van der Waals surface area contributed by atoms with Gasteiger partial charge in [0, 0.05) is 12.9 Å². The molecule has 8 nitrogen and oxygen atoms in total. The highest BCUT2D eigenvalue weighted by atomic mass is 32.2. The van der Waals surface area contributed by atoms with E-state index in [1.165, 1.54) is 18.9 Å². The molecule has 0 aromatic heterocycles. The van der Waals surface area contributed by atoms with Crippen LogP contribution in [0.3, 0.4) is 0 Å². The maximum atomic E-state index is 12.7. The summed E-state index contributed by atoms with van der Waals surface area (Å²) in [5, 5.41) is 21.4. The first kappa shape index (κ1) is 18.4. The van der Waals surface area contributed by atoms with Crippen molar-refractivity contribution in [2.45, 2.75) is 24.1 Å². The van der Waals surface area contributed by atoms with E-state index in [-0.39, 0.29) is 5.70 Å². The van der Waals surface area contributed by atoms with Crippen LogP contribution in [0.4, 0.5) is 0 Å². The number of rotatable bonds is 5. The second kappa shape index (κ2) is 6.75. The number of aliphatic hydroxyl groups is 1. The Bertz CT molecular complexity index is 796. The number of benzene rings is 1. The molecule has 2 amide bonds. The van der Waals surface area contributed by atoms with Gasteiger partial charge in [0.05, 0.1) is 0 Å². The predicted molar refractivity (Wildman–Crippen MR) is 92.7 cm³/mol. The Morgan fingerprint density at radius 1 is 1.38 bits per heavy atom. The predicted octanol–water partition coefficient (Wildman–Crippen LogP) is 0.453. The highest BCUT2D eigenvalue weighted by Crippen LogP contribution is 2.46. The van der Waals surface area contributed by atoms with E-state index in [0.717, 1.165) is 4.90 Å². The van der Waals surface area contributed by atoms with Gasteiger partial charge in [0.1, 0.15) is 11.1 Å². The molecule has 3 N–H and O–H groups in total. The zero-order chi connectivity index (χ0) is 19.1. The van der Waals surface area contributed by atoms with Gasteiger partial charge in [-0.05, 0) is 18.1 Å². The molecule has 2 unspecified atom stereocenters. The van der Waals surface area contributed by atoms with Gasteiger partial charge in [0.25, 0.3) is 17.5 Å². The van der Waals surface area contributed by atoms with E-state index in [1.807, 2.05) is 0 Å². The lowest BCUT2D eigenvalue weighted by molar-refractivity contribution is -0.193. The molecule has 26 heavy (non-hydrogen) atoms. The number of thioether (sulfide) groups is 1. The quantitative estimate of drug-likeness (QED) is 0.503. The summed E-state index contributed by atoms with van der Waals surface area (Å²) in [6.07, 6.45) is -1.48. The van der Waals surface area contributed by atoms with Gasteiger partial charge in [-0.3, -0.25) is 14.5 Å². The maximum absolute atomic E-state index is 12.7. The van der Waals surface area contributed by atoms with E-state index in [0.29, 0.717) is 16.9 Å². The highest BCUT2D eigenvalue weighted by Gasteiger charge is 2.66. The molecule has 0 aliphatic carbocycles. The molecular formula is C17H18N2O6S. The number of nitrogens with one attached hydrogen (secondary N) is 1. The van der Waals surface area contributed by atoms with Crippen LogP contribution in [0.15, 0.2) is 41.6 Å². The Labute approximate surface area is 153 Å². The number of fused-ring (bicyclic) bond motifs is 1. The minimum absolute atomic E-state index is 0.0933. The fraction of sp³-hybridized carbons (Fsp3) is 0.353. The fourth-order valence-electron chi connectivity index (χ4n) is 3.07. The molecule has 2 aliphatic heterocycles. The Balaban J connectivity index is 1.84. The molecule has 3 rings (SSSR count). The molecule has 9 heteroatoms.